The Morgan fingerprint density at radius 3 is 2.62 bits per heavy atom. The van der Waals surface area contributed by atoms with Crippen LogP contribution in [0.4, 0.5) is 5.69 Å². The van der Waals surface area contributed by atoms with Gasteiger partial charge in [-0.05, 0) is 49.8 Å². The number of anilines is 1. The summed E-state index contributed by atoms with van der Waals surface area (Å²) >= 11 is 11.9. The number of hydrogen-bond donors (Lipinski definition) is 2. The van der Waals surface area contributed by atoms with Crippen LogP contribution in [0.15, 0.2) is 54.7 Å². The van der Waals surface area contributed by atoms with Gasteiger partial charge >= 0.3 is 0 Å². The van der Waals surface area contributed by atoms with Crippen molar-refractivity contribution >= 4 is 45.5 Å². The Kier molecular flexibility index (Phi) is 5.07. The number of halogens is 1. The number of nitrogens with zero attached hydrogens (tertiary/aromatic N) is 1. The predicted octanol–water partition coefficient (Wildman–Crippen LogP) is 5.43. The highest BCUT2D eigenvalue weighted by Gasteiger charge is 2.16. The highest BCUT2D eigenvalue weighted by Crippen LogP contribution is 2.23. The van der Waals surface area contributed by atoms with Gasteiger partial charge in [0.05, 0.1) is 10.7 Å². The molecule has 0 radical (unpaired) electrons. The van der Waals surface area contributed by atoms with E-state index in [1.807, 2.05) is 30.3 Å². The van der Waals surface area contributed by atoms with E-state index in [0.29, 0.717) is 10.1 Å². The summed E-state index contributed by atoms with van der Waals surface area (Å²) in [6, 6.07) is 16.2. The zero-order chi connectivity index (χ0) is 17.1. The molecule has 0 atom stereocenters. The first kappa shape index (κ1) is 16.8. The van der Waals surface area contributed by atoms with E-state index in [9.17, 15) is 0 Å². The second kappa shape index (κ2) is 7.24. The Labute approximate surface area is 152 Å². The van der Waals surface area contributed by atoms with Crippen molar-refractivity contribution in [2.45, 2.75) is 26.4 Å². The van der Waals surface area contributed by atoms with Crippen LogP contribution in [-0.2, 0) is 6.54 Å². The van der Waals surface area contributed by atoms with Crippen molar-refractivity contribution in [2.75, 3.05) is 5.32 Å². The third-order valence-electron chi connectivity index (χ3n) is 4.02. The molecule has 0 aliphatic heterocycles. The molecule has 0 aliphatic carbocycles. The largest absolute Gasteiger partial charge is 0.361 e. The summed E-state index contributed by atoms with van der Waals surface area (Å²) in [7, 11) is 0. The van der Waals surface area contributed by atoms with Gasteiger partial charge in [0.15, 0.2) is 5.11 Å². The summed E-state index contributed by atoms with van der Waals surface area (Å²) in [5, 5.41) is 5.83. The fourth-order valence-electron chi connectivity index (χ4n) is 2.68. The third kappa shape index (κ3) is 3.55. The molecule has 0 unspecified atom stereocenters. The highest BCUT2D eigenvalue weighted by atomic mass is 35.5. The maximum atomic E-state index is 6.23. The fourth-order valence-corrected chi connectivity index (χ4v) is 3.25. The van der Waals surface area contributed by atoms with Crippen molar-refractivity contribution in [2.24, 2.45) is 0 Å². The summed E-state index contributed by atoms with van der Waals surface area (Å²) < 4.78 is 0. The van der Waals surface area contributed by atoms with Crippen LogP contribution in [0.5, 0.6) is 0 Å². The third-order valence-corrected chi connectivity index (χ3v) is 4.68. The van der Waals surface area contributed by atoms with Gasteiger partial charge in [-0.1, -0.05) is 41.9 Å². The van der Waals surface area contributed by atoms with E-state index >= 15 is 0 Å². The zero-order valence-corrected chi connectivity index (χ0v) is 15.3. The molecular weight excluding hydrogens is 338 g/mol. The number of rotatable bonds is 4. The number of aromatic nitrogens is 1. The van der Waals surface area contributed by atoms with Crippen molar-refractivity contribution in [1.29, 1.82) is 0 Å². The monoisotopic (exact) mass is 357 g/mol. The Morgan fingerprint density at radius 1 is 1.17 bits per heavy atom. The Hall–Kier alpha value is -2.04. The van der Waals surface area contributed by atoms with Crippen LogP contribution in [0.3, 0.4) is 0 Å². The second-order valence-corrected chi connectivity index (χ2v) is 6.79. The molecule has 0 amide bonds. The van der Waals surface area contributed by atoms with E-state index in [2.05, 4.69) is 53.4 Å². The van der Waals surface area contributed by atoms with Crippen LogP contribution < -0.4 is 5.32 Å². The van der Waals surface area contributed by atoms with Crippen LogP contribution in [0.1, 0.15) is 19.4 Å². The molecule has 1 heterocycles. The number of para-hydroxylation sites is 2. The van der Waals surface area contributed by atoms with Gasteiger partial charge in [-0.2, -0.15) is 0 Å². The van der Waals surface area contributed by atoms with E-state index in [1.54, 1.807) is 0 Å². The smallest absolute Gasteiger partial charge is 0.173 e. The number of thiocarbonyl (C=S) groups is 1. The Balaban J connectivity index is 1.82. The molecule has 124 valence electrons. The van der Waals surface area contributed by atoms with Crippen molar-refractivity contribution in [3.8, 4) is 0 Å². The number of benzene rings is 2. The van der Waals surface area contributed by atoms with E-state index in [4.69, 9.17) is 23.8 Å². The molecule has 0 bridgehead atoms. The van der Waals surface area contributed by atoms with Crippen molar-refractivity contribution in [3.05, 3.63) is 65.3 Å². The molecule has 5 heteroatoms. The van der Waals surface area contributed by atoms with Gasteiger partial charge in [0.2, 0.25) is 0 Å². The number of H-pyrrole nitrogens is 1. The molecule has 1 aromatic heterocycles. The van der Waals surface area contributed by atoms with E-state index < -0.39 is 0 Å². The molecule has 3 rings (SSSR count). The van der Waals surface area contributed by atoms with Gasteiger partial charge in [0.1, 0.15) is 0 Å². The van der Waals surface area contributed by atoms with Crippen LogP contribution in [0, 0.1) is 0 Å². The molecule has 0 saturated carbocycles. The maximum Gasteiger partial charge on any atom is 0.173 e. The molecule has 3 nitrogen and oxygen atoms in total. The normalized spacial score (nSPS) is 11.0. The Bertz CT molecular complexity index is 856. The maximum absolute atomic E-state index is 6.23. The first-order chi connectivity index (χ1) is 11.6. The van der Waals surface area contributed by atoms with Gasteiger partial charge in [-0.25, -0.2) is 0 Å². The average Bonchev–Trinajstić information content (AvgIpc) is 2.97. The number of aromatic amines is 1. The molecule has 2 N–H and O–H groups in total. The summed E-state index contributed by atoms with van der Waals surface area (Å²) in [5.41, 5.74) is 3.19. The predicted molar refractivity (Wildman–Crippen MR) is 107 cm³/mol. The molecule has 0 aliphatic rings. The molecule has 2 aromatic carbocycles. The topological polar surface area (TPSA) is 31.1 Å². The van der Waals surface area contributed by atoms with Gasteiger partial charge in [0, 0.05) is 29.7 Å². The van der Waals surface area contributed by atoms with Crippen molar-refractivity contribution < 1.29 is 0 Å². The minimum atomic E-state index is 0.265. The number of nitrogens with one attached hydrogen (secondary N) is 2. The van der Waals surface area contributed by atoms with E-state index in [1.165, 1.54) is 10.9 Å². The van der Waals surface area contributed by atoms with Crippen LogP contribution >= 0.6 is 23.8 Å². The minimum Gasteiger partial charge on any atom is -0.361 e. The SMILES string of the molecule is CC(C)N(Cc1c[nH]c2ccccc12)C(=S)Nc1ccccc1Cl. The number of fused-ring (bicyclic) bond motifs is 1. The van der Waals surface area contributed by atoms with Crippen molar-refractivity contribution in [1.82, 2.24) is 9.88 Å². The molecule has 0 fully saturated rings. The Morgan fingerprint density at radius 2 is 1.88 bits per heavy atom. The fraction of sp³-hybridized carbons (Fsp3) is 0.211. The van der Waals surface area contributed by atoms with Gasteiger partial charge in [-0.3, -0.25) is 0 Å². The quantitative estimate of drug-likeness (QED) is 0.610. The average molecular weight is 358 g/mol. The second-order valence-electron chi connectivity index (χ2n) is 5.99. The van der Waals surface area contributed by atoms with E-state index in [0.717, 1.165) is 17.7 Å². The molecule has 0 saturated heterocycles. The van der Waals surface area contributed by atoms with Gasteiger partial charge in [-0.15, -0.1) is 0 Å². The summed E-state index contributed by atoms with van der Waals surface area (Å²) in [6.45, 7) is 5.00. The van der Waals surface area contributed by atoms with Crippen LogP contribution in [0.2, 0.25) is 5.02 Å². The summed E-state index contributed by atoms with van der Waals surface area (Å²) in [5.74, 6) is 0. The standard InChI is InChI=1S/C19H20ClN3S/c1-13(2)23(19(24)22-18-10-6-4-8-16(18)20)12-14-11-21-17-9-5-3-7-15(14)17/h3-11,13,21H,12H2,1-2H3,(H,22,24). The zero-order valence-electron chi connectivity index (χ0n) is 13.7. The molecular formula is C19H20ClN3S. The van der Waals surface area contributed by atoms with Crippen LogP contribution in [0.25, 0.3) is 10.9 Å². The first-order valence-electron chi connectivity index (χ1n) is 7.93. The lowest BCUT2D eigenvalue weighted by atomic mass is 10.1. The molecule has 0 spiro atoms. The molecule has 3 aromatic rings. The van der Waals surface area contributed by atoms with Crippen LogP contribution in [-0.4, -0.2) is 21.0 Å². The summed E-state index contributed by atoms with van der Waals surface area (Å²) in [4.78, 5) is 5.48. The molecule has 24 heavy (non-hydrogen) atoms. The van der Waals surface area contributed by atoms with Gasteiger partial charge in [0.25, 0.3) is 0 Å². The lowest BCUT2D eigenvalue weighted by Gasteiger charge is -2.29. The highest BCUT2D eigenvalue weighted by molar-refractivity contribution is 7.80. The first-order valence-corrected chi connectivity index (χ1v) is 8.72. The van der Waals surface area contributed by atoms with E-state index in [-0.39, 0.29) is 6.04 Å². The number of hydrogen-bond acceptors (Lipinski definition) is 1. The van der Waals surface area contributed by atoms with Crippen molar-refractivity contribution in [3.63, 3.8) is 0 Å². The lowest BCUT2D eigenvalue weighted by molar-refractivity contribution is 0.349. The van der Waals surface area contributed by atoms with Gasteiger partial charge < -0.3 is 15.2 Å². The summed E-state index contributed by atoms with van der Waals surface area (Å²) in [6.07, 6.45) is 2.05. The minimum absolute atomic E-state index is 0.265. The lowest BCUT2D eigenvalue weighted by Crippen LogP contribution is -2.39.